The van der Waals surface area contributed by atoms with Gasteiger partial charge in [0, 0.05) is 34.8 Å². The fraction of sp³-hybridized carbons (Fsp3) is 0.0833. The van der Waals surface area contributed by atoms with Gasteiger partial charge in [-0.25, -0.2) is 4.98 Å². The molecule has 3 N–H and O–H groups in total. The molecule has 3 amide bonds. The minimum Gasteiger partial charge on any atom is -0.346 e. The lowest BCUT2D eigenvalue weighted by Crippen LogP contribution is -2.31. The highest BCUT2D eigenvalue weighted by Crippen LogP contribution is 2.36. The number of nitrogens with one attached hydrogen (secondary N) is 3. The van der Waals surface area contributed by atoms with Crippen molar-refractivity contribution in [1.29, 1.82) is 0 Å². The Labute approximate surface area is 215 Å². The van der Waals surface area contributed by atoms with E-state index in [1.54, 1.807) is 48.6 Å². The molecule has 8 nitrogen and oxygen atoms in total. The predicted molar refractivity (Wildman–Crippen MR) is 141 cm³/mol. The Bertz CT molecular complexity index is 1470. The van der Waals surface area contributed by atoms with Gasteiger partial charge in [-0.2, -0.15) is 0 Å². The zero-order chi connectivity index (χ0) is 23.8. The van der Waals surface area contributed by atoms with E-state index in [4.69, 9.17) is 11.6 Å². The number of anilines is 3. The normalized spacial score (nSPS) is 12.6. The van der Waals surface area contributed by atoms with E-state index in [1.807, 2.05) is 12.1 Å². The van der Waals surface area contributed by atoms with Crippen LogP contribution in [0.4, 0.5) is 17.1 Å². The van der Waals surface area contributed by atoms with Gasteiger partial charge in [0.25, 0.3) is 11.8 Å². The predicted octanol–water partition coefficient (Wildman–Crippen LogP) is 5.21. The van der Waals surface area contributed by atoms with E-state index in [0.717, 1.165) is 16.0 Å². The van der Waals surface area contributed by atoms with Gasteiger partial charge in [0.2, 0.25) is 5.91 Å². The zero-order valence-corrected chi connectivity index (χ0v) is 20.7. The minimum absolute atomic E-state index is 0. The molecular formula is C24H19Cl2N5O3S. The van der Waals surface area contributed by atoms with E-state index >= 15 is 0 Å². The minimum atomic E-state index is -0.450. The van der Waals surface area contributed by atoms with Gasteiger partial charge in [0.15, 0.2) is 0 Å². The first-order chi connectivity index (χ1) is 16.4. The van der Waals surface area contributed by atoms with Crippen LogP contribution >= 0.6 is 35.8 Å². The average Bonchev–Trinajstić information content (AvgIpc) is 3.29. The molecule has 0 aliphatic carbocycles. The van der Waals surface area contributed by atoms with Crippen molar-refractivity contribution in [2.24, 2.45) is 0 Å². The molecule has 0 spiro atoms. The highest BCUT2D eigenvalue weighted by atomic mass is 35.5. The van der Waals surface area contributed by atoms with Crippen LogP contribution in [0.25, 0.3) is 11.0 Å². The second-order valence-corrected chi connectivity index (χ2v) is 9.09. The molecule has 178 valence electrons. The number of rotatable bonds is 4. The third kappa shape index (κ3) is 4.97. The molecule has 2 aromatic carbocycles. The molecule has 3 heterocycles. The van der Waals surface area contributed by atoms with Crippen molar-refractivity contribution in [3.05, 3.63) is 77.1 Å². The molecule has 1 aliphatic rings. The molecule has 2 aromatic heterocycles. The Morgan fingerprint density at radius 3 is 2.69 bits per heavy atom. The van der Waals surface area contributed by atoms with Crippen molar-refractivity contribution in [2.75, 3.05) is 28.3 Å². The van der Waals surface area contributed by atoms with Gasteiger partial charge >= 0.3 is 0 Å². The van der Waals surface area contributed by atoms with E-state index in [2.05, 4.69) is 20.6 Å². The first-order valence-corrected chi connectivity index (χ1v) is 11.6. The van der Waals surface area contributed by atoms with Gasteiger partial charge in [-0.05, 0) is 48.5 Å². The van der Waals surface area contributed by atoms with E-state index in [9.17, 15) is 14.4 Å². The number of thioether (sulfide) groups is 1. The molecule has 0 saturated heterocycles. The summed E-state index contributed by atoms with van der Waals surface area (Å²) in [5.41, 5.74) is 3.07. The number of aromatic nitrogens is 2. The van der Waals surface area contributed by atoms with Gasteiger partial charge in [0.05, 0.1) is 33.9 Å². The number of amides is 3. The molecular weight excluding hydrogens is 509 g/mol. The molecule has 0 unspecified atom stereocenters. The SMILES string of the molecule is CN1C(=O)CSc2cc(NC(=O)c3ccc(Cl)c(C(=O)Nc4cnc5[nH]ccc5c4)c3)ccc21.Cl. The summed E-state index contributed by atoms with van der Waals surface area (Å²) in [6.07, 6.45) is 3.31. The first kappa shape index (κ1) is 24.6. The fourth-order valence-electron chi connectivity index (χ4n) is 3.61. The number of benzene rings is 2. The molecule has 5 rings (SSSR count). The number of halogens is 2. The van der Waals surface area contributed by atoms with Gasteiger partial charge in [-0.15, -0.1) is 24.2 Å². The van der Waals surface area contributed by atoms with Crippen molar-refractivity contribution >= 4 is 81.6 Å². The van der Waals surface area contributed by atoms with Crippen molar-refractivity contribution in [2.45, 2.75) is 4.90 Å². The number of fused-ring (bicyclic) bond motifs is 2. The molecule has 0 fully saturated rings. The fourth-order valence-corrected chi connectivity index (χ4v) is 4.84. The molecule has 0 radical (unpaired) electrons. The highest BCUT2D eigenvalue weighted by Gasteiger charge is 2.22. The van der Waals surface area contributed by atoms with Crippen LogP contribution in [0.2, 0.25) is 5.02 Å². The average molecular weight is 528 g/mol. The van der Waals surface area contributed by atoms with Crippen LogP contribution in [0.1, 0.15) is 20.7 Å². The number of carbonyl (C=O) groups excluding carboxylic acids is 3. The number of nitrogens with zero attached hydrogens (tertiary/aromatic N) is 2. The van der Waals surface area contributed by atoms with E-state index < -0.39 is 5.91 Å². The molecule has 1 aliphatic heterocycles. The van der Waals surface area contributed by atoms with Crippen LogP contribution in [-0.2, 0) is 4.79 Å². The van der Waals surface area contributed by atoms with E-state index in [1.165, 1.54) is 23.9 Å². The Morgan fingerprint density at radius 1 is 1.06 bits per heavy atom. The molecule has 11 heteroatoms. The van der Waals surface area contributed by atoms with Gasteiger partial charge < -0.3 is 20.5 Å². The quantitative estimate of drug-likeness (QED) is 0.337. The Hall–Kier alpha value is -3.53. The van der Waals surface area contributed by atoms with Crippen LogP contribution in [0.3, 0.4) is 0 Å². The third-order valence-electron chi connectivity index (χ3n) is 5.44. The van der Waals surface area contributed by atoms with Crippen molar-refractivity contribution < 1.29 is 14.4 Å². The second kappa shape index (κ2) is 9.99. The number of hydrogen-bond acceptors (Lipinski definition) is 5. The summed E-state index contributed by atoms with van der Waals surface area (Å²) < 4.78 is 0. The van der Waals surface area contributed by atoms with Gasteiger partial charge in [-0.1, -0.05) is 11.6 Å². The zero-order valence-electron chi connectivity index (χ0n) is 18.3. The number of H-pyrrole nitrogens is 1. The number of pyridine rings is 1. The van der Waals surface area contributed by atoms with Crippen LogP contribution in [0.15, 0.2) is 65.8 Å². The summed E-state index contributed by atoms with van der Waals surface area (Å²) >= 11 is 7.68. The Morgan fingerprint density at radius 2 is 1.86 bits per heavy atom. The van der Waals surface area contributed by atoms with Crippen LogP contribution in [0.5, 0.6) is 0 Å². The Balaban J connectivity index is 0.00000289. The summed E-state index contributed by atoms with van der Waals surface area (Å²) in [7, 11) is 1.73. The van der Waals surface area contributed by atoms with E-state index in [-0.39, 0.29) is 40.4 Å². The molecule has 35 heavy (non-hydrogen) atoms. The lowest BCUT2D eigenvalue weighted by molar-refractivity contribution is -0.116. The lowest BCUT2D eigenvalue weighted by Gasteiger charge is -2.25. The maximum Gasteiger partial charge on any atom is 0.257 e. The molecule has 0 bridgehead atoms. The van der Waals surface area contributed by atoms with Crippen molar-refractivity contribution in [3.63, 3.8) is 0 Å². The summed E-state index contributed by atoms with van der Waals surface area (Å²) in [5.74, 6) is -0.450. The largest absolute Gasteiger partial charge is 0.346 e. The number of hydrogen-bond donors (Lipinski definition) is 3. The van der Waals surface area contributed by atoms with Crippen LogP contribution in [0, 0.1) is 0 Å². The van der Waals surface area contributed by atoms with Gasteiger partial charge in [-0.3, -0.25) is 14.4 Å². The maximum atomic E-state index is 12.9. The summed E-state index contributed by atoms with van der Waals surface area (Å²) in [6.45, 7) is 0. The smallest absolute Gasteiger partial charge is 0.257 e. The monoisotopic (exact) mass is 527 g/mol. The summed E-state index contributed by atoms with van der Waals surface area (Å²) in [5, 5.41) is 6.70. The van der Waals surface area contributed by atoms with Crippen LogP contribution < -0.4 is 15.5 Å². The lowest BCUT2D eigenvalue weighted by atomic mass is 10.1. The van der Waals surface area contributed by atoms with E-state index in [0.29, 0.717) is 22.8 Å². The first-order valence-electron chi connectivity index (χ1n) is 10.3. The van der Waals surface area contributed by atoms with Gasteiger partial charge in [0.1, 0.15) is 5.65 Å². The Kier molecular flexibility index (Phi) is 7.02. The molecule has 0 atom stereocenters. The number of aromatic amines is 1. The summed E-state index contributed by atoms with van der Waals surface area (Å²) in [4.78, 5) is 47.4. The maximum absolute atomic E-state index is 12.9. The highest BCUT2D eigenvalue weighted by molar-refractivity contribution is 8.00. The topological polar surface area (TPSA) is 107 Å². The second-order valence-electron chi connectivity index (χ2n) is 7.67. The molecule has 4 aromatic rings. The molecule has 0 saturated carbocycles. The van der Waals surface area contributed by atoms with Crippen molar-refractivity contribution in [3.8, 4) is 0 Å². The van der Waals surface area contributed by atoms with Crippen LogP contribution in [-0.4, -0.2) is 40.5 Å². The third-order valence-corrected chi connectivity index (χ3v) is 6.79. The standard InChI is InChI=1S/C24H18ClN5O3S.ClH/c1-30-19-5-3-15(10-20(19)34-12-21(30)31)28-23(32)14-2-4-18(25)17(9-14)24(33)29-16-8-13-6-7-26-22(13)27-11-16;/h2-11H,12H2,1H3,(H,26,27)(H,28,32)(H,29,33);1H. The summed E-state index contributed by atoms with van der Waals surface area (Å²) in [6, 6.07) is 13.5. The van der Waals surface area contributed by atoms with Crippen molar-refractivity contribution in [1.82, 2.24) is 9.97 Å². The number of carbonyl (C=O) groups is 3.